The van der Waals surface area contributed by atoms with Crippen molar-refractivity contribution in [3.8, 4) is 0 Å². The molecule has 0 saturated carbocycles. The summed E-state index contributed by atoms with van der Waals surface area (Å²) in [5.41, 5.74) is 2.63. The average molecular weight is 312 g/mol. The molecule has 1 aromatic carbocycles. The molecule has 1 atom stereocenters. The Hall–Kier alpha value is -0.580. The number of nitrogens with zero attached hydrogens (tertiary/aromatic N) is 2. The first-order chi connectivity index (χ1) is 8.58. The fourth-order valence-electron chi connectivity index (χ4n) is 2.47. The molecule has 0 radical (unpaired) electrons. The smallest absolute Gasteiger partial charge is 0.0405 e. The maximum Gasteiger partial charge on any atom is 0.0405 e. The first-order valence-corrected chi connectivity index (χ1v) is 7.25. The normalized spacial score (nSPS) is 21.0. The summed E-state index contributed by atoms with van der Waals surface area (Å²) in [4.78, 5) is 4.80. The minimum Gasteiger partial charge on any atom is -0.373 e. The number of nitrogens with one attached hydrogen (secondary N) is 1. The molecule has 0 spiro atoms. The first-order valence-electron chi connectivity index (χ1n) is 6.46. The molecule has 1 heterocycles. The van der Waals surface area contributed by atoms with Crippen LogP contribution in [0.1, 0.15) is 5.56 Å². The predicted molar refractivity (Wildman–Crippen MR) is 81.4 cm³/mol. The van der Waals surface area contributed by atoms with Gasteiger partial charge in [0.1, 0.15) is 0 Å². The van der Waals surface area contributed by atoms with Gasteiger partial charge in [-0.15, -0.1) is 0 Å². The average Bonchev–Trinajstić information content (AvgIpc) is 2.35. The van der Waals surface area contributed by atoms with E-state index in [1.807, 2.05) is 0 Å². The number of likely N-dealkylation sites (N-methyl/N-ethyl adjacent to an activating group) is 2. The van der Waals surface area contributed by atoms with Crippen LogP contribution in [0.3, 0.4) is 0 Å². The largest absolute Gasteiger partial charge is 0.373 e. The third kappa shape index (κ3) is 3.25. The van der Waals surface area contributed by atoms with Crippen molar-refractivity contribution in [2.24, 2.45) is 0 Å². The molecule has 3 nitrogen and oxygen atoms in total. The van der Waals surface area contributed by atoms with E-state index in [4.69, 9.17) is 0 Å². The van der Waals surface area contributed by atoms with Gasteiger partial charge in [0.25, 0.3) is 0 Å². The Kier molecular flexibility index (Phi) is 4.65. The molecule has 1 aliphatic rings. The van der Waals surface area contributed by atoms with Crippen LogP contribution in [-0.4, -0.2) is 51.2 Å². The Labute approximate surface area is 118 Å². The Bertz CT molecular complexity index is 408. The number of benzene rings is 1. The van der Waals surface area contributed by atoms with Crippen molar-refractivity contribution in [1.82, 2.24) is 10.2 Å². The Balaban J connectivity index is 2.06. The van der Waals surface area contributed by atoms with E-state index in [-0.39, 0.29) is 0 Å². The van der Waals surface area contributed by atoms with E-state index in [1.165, 1.54) is 11.3 Å². The quantitative estimate of drug-likeness (QED) is 0.922. The zero-order valence-electron chi connectivity index (χ0n) is 11.4. The lowest BCUT2D eigenvalue weighted by Crippen LogP contribution is -2.53. The molecule has 0 aromatic heterocycles. The second-order valence-corrected chi connectivity index (χ2v) is 6.07. The van der Waals surface area contributed by atoms with Gasteiger partial charge in [0.05, 0.1) is 0 Å². The van der Waals surface area contributed by atoms with E-state index < -0.39 is 0 Å². The van der Waals surface area contributed by atoms with Crippen molar-refractivity contribution in [2.45, 2.75) is 13.0 Å². The van der Waals surface area contributed by atoms with Gasteiger partial charge in [-0.25, -0.2) is 0 Å². The van der Waals surface area contributed by atoms with Crippen molar-refractivity contribution in [3.63, 3.8) is 0 Å². The fourth-order valence-corrected chi connectivity index (χ4v) is 2.82. The lowest BCUT2D eigenvalue weighted by Gasteiger charge is -2.36. The van der Waals surface area contributed by atoms with Gasteiger partial charge in [-0.1, -0.05) is 22.0 Å². The molecule has 100 valence electrons. The third-order valence-corrected chi connectivity index (χ3v) is 4.20. The van der Waals surface area contributed by atoms with E-state index in [0.717, 1.165) is 30.7 Å². The molecule has 2 rings (SSSR count). The van der Waals surface area contributed by atoms with Crippen LogP contribution >= 0.6 is 15.9 Å². The number of piperazine rings is 1. The van der Waals surface area contributed by atoms with Gasteiger partial charge in [-0.05, 0) is 31.7 Å². The van der Waals surface area contributed by atoms with Crippen LogP contribution in [0.5, 0.6) is 0 Å². The zero-order chi connectivity index (χ0) is 13.1. The van der Waals surface area contributed by atoms with E-state index in [2.05, 4.69) is 70.3 Å². The molecule has 0 bridgehead atoms. The molecule has 18 heavy (non-hydrogen) atoms. The minimum atomic E-state index is 0.585. The van der Waals surface area contributed by atoms with Gasteiger partial charge in [0, 0.05) is 49.4 Å². The van der Waals surface area contributed by atoms with Gasteiger partial charge in [-0.3, -0.25) is 4.90 Å². The number of rotatable bonds is 3. The lowest BCUT2D eigenvalue weighted by molar-refractivity contribution is 0.204. The van der Waals surface area contributed by atoms with Crippen LogP contribution in [0.15, 0.2) is 22.7 Å². The molecule has 1 fully saturated rings. The molecule has 1 N–H and O–H groups in total. The van der Waals surface area contributed by atoms with Crippen LogP contribution in [0.25, 0.3) is 0 Å². The van der Waals surface area contributed by atoms with Crippen LogP contribution < -0.4 is 10.2 Å². The molecular formula is C14H22BrN3. The number of halogens is 1. The number of hydrogen-bond acceptors (Lipinski definition) is 3. The van der Waals surface area contributed by atoms with Gasteiger partial charge < -0.3 is 10.2 Å². The van der Waals surface area contributed by atoms with Gasteiger partial charge in [0.15, 0.2) is 0 Å². The number of aryl methyl sites for hydroxylation is 1. The van der Waals surface area contributed by atoms with Crippen molar-refractivity contribution in [2.75, 3.05) is 45.2 Å². The van der Waals surface area contributed by atoms with Gasteiger partial charge in [0.2, 0.25) is 0 Å². The molecule has 4 heteroatoms. The Morgan fingerprint density at radius 1 is 1.50 bits per heavy atom. The van der Waals surface area contributed by atoms with Crippen LogP contribution in [0, 0.1) is 6.92 Å². The summed E-state index contributed by atoms with van der Waals surface area (Å²) in [5.74, 6) is 0. The predicted octanol–water partition coefficient (Wildman–Crippen LogP) is 2.10. The van der Waals surface area contributed by atoms with Crippen molar-refractivity contribution in [3.05, 3.63) is 28.2 Å². The highest BCUT2D eigenvalue weighted by atomic mass is 79.9. The molecule has 0 amide bonds. The maximum atomic E-state index is 3.55. The maximum absolute atomic E-state index is 3.55. The third-order valence-electron chi connectivity index (χ3n) is 3.71. The summed E-state index contributed by atoms with van der Waals surface area (Å²) in [7, 11) is 4.39. The van der Waals surface area contributed by atoms with Crippen molar-refractivity contribution in [1.29, 1.82) is 0 Å². The highest BCUT2D eigenvalue weighted by Crippen LogP contribution is 2.24. The summed E-state index contributed by atoms with van der Waals surface area (Å²) in [6.07, 6.45) is 0. The van der Waals surface area contributed by atoms with E-state index >= 15 is 0 Å². The fraction of sp³-hybridized carbons (Fsp3) is 0.571. The molecule has 1 aliphatic heterocycles. The second-order valence-electron chi connectivity index (χ2n) is 5.15. The Morgan fingerprint density at radius 3 is 3.00 bits per heavy atom. The van der Waals surface area contributed by atoms with E-state index in [1.54, 1.807) is 0 Å². The minimum absolute atomic E-state index is 0.585. The van der Waals surface area contributed by atoms with Crippen LogP contribution in [0.2, 0.25) is 0 Å². The van der Waals surface area contributed by atoms with E-state index in [0.29, 0.717) is 6.04 Å². The lowest BCUT2D eigenvalue weighted by atomic mass is 10.1. The standard InChI is InChI=1S/C14H22BrN3/c1-11-4-5-12(15)8-14(11)18(3)10-13-9-16-6-7-17(13)2/h4-5,8,13,16H,6-7,9-10H2,1-3H3. The summed E-state index contributed by atoms with van der Waals surface area (Å²) in [6, 6.07) is 7.05. The Morgan fingerprint density at radius 2 is 2.28 bits per heavy atom. The molecule has 1 aromatic rings. The summed E-state index contributed by atoms with van der Waals surface area (Å²) < 4.78 is 1.14. The summed E-state index contributed by atoms with van der Waals surface area (Å²) >= 11 is 3.55. The van der Waals surface area contributed by atoms with Crippen LogP contribution in [-0.2, 0) is 0 Å². The zero-order valence-corrected chi connectivity index (χ0v) is 13.0. The highest BCUT2D eigenvalue weighted by molar-refractivity contribution is 9.10. The molecule has 1 unspecified atom stereocenters. The number of hydrogen-bond donors (Lipinski definition) is 1. The number of anilines is 1. The van der Waals surface area contributed by atoms with Gasteiger partial charge in [-0.2, -0.15) is 0 Å². The summed E-state index contributed by atoms with van der Waals surface area (Å²) in [5, 5.41) is 3.47. The monoisotopic (exact) mass is 311 g/mol. The van der Waals surface area contributed by atoms with Crippen molar-refractivity contribution < 1.29 is 0 Å². The van der Waals surface area contributed by atoms with E-state index in [9.17, 15) is 0 Å². The van der Waals surface area contributed by atoms with Crippen molar-refractivity contribution >= 4 is 21.6 Å². The van der Waals surface area contributed by atoms with Crippen LogP contribution in [0.4, 0.5) is 5.69 Å². The summed E-state index contributed by atoms with van der Waals surface area (Å²) in [6.45, 7) is 6.54. The second kappa shape index (κ2) is 6.04. The molecular weight excluding hydrogens is 290 g/mol. The highest BCUT2D eigenvalue weighted by Gasteiger charge is 2.20. The molecule has 0 aliphatic carbocycles. The SMILES string of the molecule is Cc1ccc(Br)cc1N(C)CC1CNCCN1C. The first kappa shape index (κ1) is 13.8. The topological polar surface area (TPSA) is 18.5 Å². The molecule has 1 saturated heterocycles. The van der Waals surface area contributed by atoms with Gasteiger partial charge >= 0.3 is 0 Å².